The summed E-state index contributed by atoms with van der Waals surface area (Å²) in [5, 5.41) is 9.92. The van der Waals surface area contributed by atoms with Gasteiger partial charge in [0, 0.05) is 11.5 Å². The van der Waals surface area contributed by atoms with Gasteiger partial charge in [0.05, 0.1) is 0 Å². The van der Waals surface area contributed by atoms with Gasteiger partial charge in [-0.05, 0) is 19.3 Å². The zero-order valence-electron chi connectivity index (χ0n) is 7.61. The molecule has 1 N–H and O–H groups in total. The average Bonchev–Trinajstić information content (AvgIpc) is 2.71. The van der Waals surface area contributed by atoms with Gasteiger partial charge < -0.3 is 5.11 Å². The third-order valence-corrected chi connectivity index (χ3v) is 2.61. The average molecular weight is 174 g/mol. The van der Waals surface area contributed by atoms with Crippen LogP contribution in [0.3, 0.4) is 0 Å². The summed E-state index contributed by atoms with van der Waals surface area (Å²) < 4.78 is 0. The third kappa shape index (κ3) is 1.74. The number of aliphatic hydroxyl groups excluding tert-OH is 1. The van der Waals surface area contributed by atoms with E-state index in [0.29, 0.717) is 11.7 Å². The molecule has 1 nitrogen and oxygen atoms in total. The third-order valence-electron chi connectivity index (χ3n) is 2.61. The molecule has 1 unspecified atom stereocenters. The second kappa shape index (κ2) is 3.65. The van der Waals surface area contributed by atoms with E-state index in [1.807, 2.05) is 24.3 Å². The van der Waals surface area contributed by atoms with Crippen molar-refractivity contribution in [3.05, 3.63) is 47.8 Å². The van der Waals surface area contributed by atoms with Crippen LogP contribution in [-0.4, -0.2) is 5.11 Å². The highest BCUT2D eigenvalue weighted by molar-refractivity contribution is 5.42. The maximum atomic E-state index is 9.92. The molecule has 0 saturated heterocycles. The van der Waals surface area contributed by atoms with Crippen LogP contribution < -0.4 is 0 Å². The Hall–Kier alpha value is -1.24. The highest BCUT2D eigenvalue weighted by atomic mass is 16.3. The van der Waals surface area contributed by atoms with Crippen LogP contribution in [0.4, 0.5) is 0 Å². The van der Waals surface area contributed by atoms with Crippen LogP contribution in [0.15, 0.2) is 47.8 Å². The van der Waals surface area contributed by atoms with Gasteiger partial charge in [0.2, 0.25) is 0 Å². The van der Waals surface area contributed by atoms with Crippen LogP contribution in [0.5, 0.6) is 0 Å². The fraction of sp³-hybridized carbons (Fsp3) is 0.333. The summed E-state index contributed by atoms with van der Waals surface area (Å²) in [6.07, 6.45) is 15.4. The minimum Gasteiger partial charge on any atom is -0.511 e. The van der Waals surface area contributed by atoms with Crippen molar-refractivity contribution >= 4 is 0 Å². The summed E-state index contributed by atoms with van der Waals surface area (Å²) >= 11 is 0. The molecule has 1 heteroatoms. The fourth-order valence-corrected chi connectivity index (χ4v) is 1.82. The van der Waals surface area contributed by atoms with Crippen molar-refractivity contribution in [3.63, 3.8) is 0 Å². The number of allylic oxidation sites excluding steroid dienone is 8. The lowest BCUT2D eigenvalue weighted by Gasteiger charge is -2.17. The Balaban J connectivity index is 2.16. The SMILES string of the molecule is OC(=C1C=CC=C1)C1CC=CCC1. The van der Waals surface area contributed by atoms with Crippen molar-refractivity contribution in [2.24, 2.45) is 5.92 Å². The lowest BCUT2D eigenvalue weighted by Crippen LogP contribution is -2.07. The smallest absolute Gasteiger partial charge is 0.103 e. The fourth-order valence-electron chi connectivity index (χ4n) is 1.82. The molecule has 2 rings (SSSR count). The van der Waals surface area contributed by atoms with Gasteiger partial charge >= 0.3 is 0 Å². The molecule has 0 aromatic rings. The summed E-state index contributed by atoms with van der Waals surface area (Å²) in [5.74, 6) is 0.904. The Morgan fingerprint density at radius 2 is 2.00 bits per heavy atom. The van der Waals surface area contributed by atoms with E-state index in [4.69, 9.17) is 0 Å². The molecule has 0 aliphatic heterocycles. The summed E-state index contributed by atoms with van der Waals surface area (Å²) in [4.78, 5) is 0. The number of hydrogen-bond acceptors (Lipinski definition) is 1. The van der Waals surface area contributed by atoms with Crippen LogP contribution in [0.25, 0.3) is 0 Å². The van der Waals surface area contributed by atoms with Crippen LogP contribution >= 0.6 is 0 Å². The van der Waals surface area contributed by atoms with Gasteiger partial charge in [-0.2, -0.15) is 0 Å². The summed E-state index contributed by atoms with van der Waals surface area (Å²) in [6.45, 7) is 0. The number of aliphatic hydroxyl groups is 1. The van der Waals surface area contributed by atoms with Crippen molar-refractivity contribution < 1.29 is 5.11 Å². The van der Waals surface area contributed by atoms with E-state index in [1.165, 1.54) is 0 Å². The largest absolute Gasteiger partial charge is 0.511 e. The van der Waals surface area contributed by atoms with E-state index >= 15 is 0 Å². The Labute approximate surface area is 78.8 Å². The molecule has 0 aromatic heterocycles. The quantitative estimate of drug-likeness (QED) is 0.477. The molecule has 0 bridgehead atoms. The Bertz CT molecular complexity index is 291. The van der Waals surface area contributed by atoms with Crippen LogP contribution in [0.1, 0.15) is 19.3 Å². The Morgan fingerprint density at radius 3 is 2.62 bits per heavy atom. The molecule has 0 aromatic carbocycles. The lowest BCUT2D eigenvalue weighted by molar-refractivity contribution is 0.313. The first-order valence-electron chi connectivity index (χ1n) is 4.81. The maximum absolute atomic E-state index is 9.92. The molecule has 0 heterocycles. The second-order valence-corrected chi connectivity index (χ2v) is 3.54. The van der Waals surface area contributed by atoms with Crippen LogP contribution in [0.2, 0.25) is 0 Å². The van der Waals surface area contributed by atoms with Crippen molar-refractivity contribution in [1.29, 1.82) is 0 Å². The van der Waals surface area contributed by atoms with Gasteiger partial charge in [-0.25, -0.2) is 0 Å². The molecular formula is C12H14O. The molecule has 2 aliphatic carbocycles. The summed E-state index contributed by atoms with van der Waals surface area (Å²) in [5.41, 5.74) is 0.986. The van der Waals surface area contributed by atoms with Gasteiger partial charge in [-0.15, -0.1) is 0 Å². The number of rotatable bonds is 1. The van der Waals surface area contributed by atoms with Crippen LogP contribution in [-0.2, 0) is 0 Å². The predicted octanol–water partition coefficient (Wildman–Crippen LogP) is 3.28. The van der Waals surface area contributed by atoms with E-state index < -0.39 is 0 Å². The Morgan fingerprint density at radius 1 is 1.23 bits per heavy atom. The van der Waals surface area contributed by atoms with E-state index in [1.54, 1.807) is 0 Å². The van der Waals surface area contributed by atoms with Gasteiger partial charge in [-0.1, -0.05) is 36.5 Å². The molecule has 0 fully saturated rings. The summed E-state index contributed by atoms with van der Waals surface area (Å²) in [7, 11) is 0. The first-order valence-corrected chi connectivity index (χ1v) is 4.81. The zero-order chi connectivity index (χ0) is 9.10. The Kier molecular flexibility index (Phi) is 2.35. The molecule has 13 heavy (non-hydrogen) atoms. The molecule has 0 radical (unpaired) electrons. The maximum Gasteiger partial charge on any atom is 0.103 e. The lowest BCUT2D eigenvalue weighted by atomic mass is 9.90. The molecule has 2 aliphatic rings. The topological polar surface area (TPSA) is 20.2 Å². The molecule has 1 atom stereocenters. The molecule has 0 amide bonds. The van der Waals surface area contributed by atoms with E-state index in [0.717, 1.165) is 24.8 Å². The molecule has 0 spiro atoms. The van der Waals surface area contributed by atoms with E-state index in [9.17, 15) is 5.11 Å². The van der Waals surface area contributed by atoms with Crippen molar-refractivity contribution in [1.82, 2.24) is 0 Å². The van der Waals surface area contributed by atoms with Gasteiger partial charge in [0.25, 0.3) is 0 Å². The first-order chi connectivity index (χ1) is 6.38. The highest BCUT2D eigenvalue weighted by Gasteiger charge is 2.16. The van der Waals surface area contributed by atoms with Crippen molar-refractivity contribution in [3.8, 4) is 0 Å². The van der Waals surface area contributed by atoms with Crippen molar-refractivity contribution in [2.45, 2.75) is 19.3 Å². The standard InChI is InChI=1S/C12H14O/c13-12(11-8-4-5-9-11)10-6-2-1-3-7-10/h1-2,4-5,8-10,13H,3,6-7H2. The predicted molar refractivity (Wildman–Crippen MR) is 54.4 cm³/mol. The molecule has 68 valence electrons. The summed E-state index contributed by atoms with van der Waals surface area (Å²) in [6, 6.07) is 0. The van der Waals surface area contributed by atoms with E-state index in [2.05, 4.69) is 12.2 Å². The second-order valence-electron chi connectivity index (χ2n) is 3.54. The molecular weight excluding hydrogens is 160 g/mol. The number of hydrogen-bond donors (Lipinski definition) is 1. The minimum atomic E-state index is 0.340. The van der Waals surface area contributed by atoms with Crippen molar-refractivity contribution in [2.75, 3.05) is 0 Å². The van der Waals surface area contributed by atoms with E-state index in [-0.39, 0.29) is 0 Å². The van der Waals surface area contributed by atoms with Gasteiger partial charge in [0.15, 0.2) is 0 Å². The normalized spacial score (nSPS) is 25.5. The molecule has 0 saturated carbocycles. The van der Waals surface area contributed by atoms with Gasteiger partial charge in [-0.3, -0.25) is 0 Å². The van der Waals surface area contributed by atoms with Crippen LogP contribution in [0, 0.1) is 5.92 Å². The monoisotopic (exact) mass is 174 g/mol. The van der Waals surface area contributed by atoms with Gasteiger partial charge in [0.1, 0.15) is 5.76 Å². The minimum absolute atomic E-state index is 0.340. The first kappa shape index (κ1) is 8.36. The zero-order valence-corrected chi connectivity index (χ0v) is 7.61. The highest BCUT2D eigenvalue weighted by Crippen LogP contribution is 2.27.